The summed E-state index contributed by atoms with van der Waals surface area (Å²) in [5.74, 6) is -0.0400. The van der Waals surface area contributed by atoms with Crippen LogP contribution in [0, 0.1) is 39.5 Å². The lowest BCUT2D eigenvalue weighted by Crippen LogP contribution is -2.60. The zero-order chi connectivity index (χ0) is 27.3. The van der Waals surface area contributed by atoms with Crippen molar-refractivity contribution in [3.8, 4) is 0 Å². The monoisotopic (exact) mass is 514 g/mol. The van der Waals surface area contributed by atoms with Gasteiger partial charge in [0.15, 0.2) is 0 Å². The Morgan fingerprint density at radius 2 is 0.769 bits per heavy atom. The van der Waals surface area contributed by atoms with Crippen molar-refractivity contribution in [2.45, 2.75) is 51.9 Å². The zero-order valence-corrected chi connectivity index (χ0v) is 23.6. The first-order valence-electron chi connectivity index (χ1n) is 14.1. The van der Waals surface area contributed by atoms with Crippen molar-refractivity contribution in [2.24, 2.45) is 11.8 Å². The fraction of sp³-hybridized carbons (Fsp3) is 0.306. The van der Waals surface area contributed by atoms with Crippen molar-refractivity contribution in [3.63, 3.8) is 0 Å². The van der Waals surface area contributed by atoms with Gasteiger partial charge in [-0.2, -0.15) is 0 Å². The Balaban J connectivity index is 1.55. The second-order valence-electron chi connectivity index (χ2n) is 11.8. The largest absolute Gasteiger partial charge is 0.302 e. The number of piperidine rings is 2. The number of Topliss-reactive ketones (excluding diaryl/α,β-unsaturated/α-hetero) is 1. The minimum absolute atomic E-state index is 0.0431. The number of carbonyl (C=O) groups is 1. The predicted molar refractivity (Wildman–Crippen MR) is 159 cm³/mol. The van der Waals surface area contributed by atoms with Gasteiger partial charge in [-0.15, -0.1) is 0 Å². The smallest absolute Gasteiger partial charge is 0.146 e. The molecule has 0 spiro atoms. The molecule has 0 aliphatic carbocycles. The molecule has 3 heteroatoms. The highest BCUT2D eigenvalue weighted by Gasteiger charge is 2.57. The Morgan fingerprint density at radius 1 is 0.487 bits per heavy atom. The molecular formula is C36H38N2O. The molecule has 3 nitrogen and oxygen atoms in total. The Bertz CT molecular complexity index is 1340. The first-order chi connectivity index (χ1) is 18.8. The number of ketones is 1. The molecular weight excluding hydrogens is 476 g/mol. The summed E-state index contributed by atoms with van der Waals surface area (Å²) in [7, 11) is 2.23. The molecule has 2 heterocycles. The molecule has 6 rings (SSSR count). The molecule has 39 heavy (non-hydrogen) atoms. The van der Waals surface area contributed by atoms with Gasteiger partial charge in [-0.25, -0.2) is 0 Å². The Hall–Kier alpha value is -3.53. The average Bonchev–Trinajstić information content (AvgIpc) is 2.93. The van der Waals surface area contributed by atoms with E-state index < -0.39 is 0 Å². The van der Waals surface area contributed by atoms with Crippen LogP contribution >= 0.6 is 0 Å². The third-order valence-electron chi connectivity index (χ3n) is 9.00. The molecule has 2 fully saturated rings. The lowest BCUT2D eigenvalue weighted by molar-refractivity contribution is -0.148. The summed E-state index contributed by atoms with van der Waals surface area (Å²) in [6, 6.07) is 34.7. The van der Waals surface area contributed by atoms with Crippen LogP contribution < -0.4 is 5.32 Å². The molecule has 2 aliphatic heterocycles. The van der Waals surface area contributed by atoms with E-state index in [0.29, 0.717) is 5.78 Å². The summed E-state index contributed by atoms with van der Waals surface area (Å²) in [4.78, 5) is 17.4. The number of hydrogen-bond donors (Lipinski definition) is 1. The first-order valence-corrected chi connectivity index (χ1v) is 14.1. The van der Waals surface area contributed by atoms with Gasteiger partial charge in [-0.1, -0.05) is 119 Å². The van der Waals surface area contributed by atoms with Crippen LogP contribution in [0.3, 0.4) is 0 Å². The van der Waals surface area contributed by atoms with Gasteiger partial charge in [0.1, 0.15) is 5.78 Å². The molecule has 0 unspecified atom stereocenters. The molecule has 2 saturated heterocycles. The third kappa shape index (κ3) is 4.64. The van der Waals surface area contributed by atoms with Gasteiger partial charge in [0.2, 0.25) is 0 Å². The lowest BCUT2D eigenvalue weighted by atomic mass is 9.63. The van der Waals surface area contributed by atoms with E-state index in [4.69, 9.17) is 0 Å². The average molecular weight is 515 g/mol. The van der Waals surface area contributed by atoms with Crippen LogP contribution in [-0.4, -0.2) is 17.7 Å². The number of nitrogens with one attached hydrogen (secondary N) is 1. The maximum Gasteiger partial charge on any atom is 0.146 e. The number of rotatable bonds is 4. The van der Waals surface area contributed by atoms with Crippen LogP contribution in [0.25, 0.3) is 0 Å². The van der Waals surface area contributed by atoms with Gasteiger partial charge >= 0.3 is 0 Å². The van der Waals surface area contributed by atoms with Crippen LogP contribution in [0.1, 0.15) is 68.7 Å². The number of likely N-dealkylation sites (tertiary alicyclic amines) is 1. The van der Waals surface area contributed by atoms with E-state index in [0.717, 1.165) is 0 Å². The summed E-state index contributed by atoms with van der Waals surface area (Å²) in [6.45, 7) is 8.47. The van der Waals surface area contributed by atoms with E-state index in [1.54, 1.807) is 0 Å². The van der Waals surface area contributed by atoms with Crippen molar-refractivity contribution >= 4 is 5.78 Å². The number of benzene rings is 4. The molecule has 0 saturated carbocycles. The molecule has 4 aromatic carbocycles. The highest BCUT2D eigenvalue weighted by atomic mass is 16.1. The third-order valence-corrected chi connectivity index (χ3v) is 9.00. The number of nitrogens with zero attached hydrogens (tertiary/aromatic N) is 1. The molecule has 2 aliphatic rings. The molecule has 2 bridgehead atoms. The van der Waals surface area contributed by atoms with Gasteiger partial charge in [-0.05, 0) is 57.0 Å². The van der Waals surface area contributed by atoms with Crippen molar-refractivity contribution < 1.29 is 4.79 Å². The van der Waals surface area contributed by atoms with Crippen LogP contribution in [-0.2, 0) is 4.79 Å². The fourth-order valence-corrected chi connectivity index (χ4v) is 6.87. The molecule has 6 atom stereocenters. The standard InChI is InChI=1S/C36H38N2O/c1-22-6-14-26(15-7-22)32-30-34(28-18-10-24(3)11-19-28)38(5)35(29-20-12-25(4)13-21-29)31(36(30)39)33(37-32)27-16-8-23(2)9-17-27/h6-21,30-35,37H,1-5H3/t30-,31+,32+,33-,34+,35-. The second kappa shape index (κ2) is 10.2. The minimum Gasteiger partial charge on any atom is -0.302 e. The Morgan fingerprint density at radius 3 is 1.08 bits per heavy atom. The van der Waals surface area contributed by atoms with Gasteiger partial charge in [-0.3, -0.25) is 9.69 Å². The number of hydrogen-bond acceptors (Lipinski definition) is 3. The van der Waals surface area contributed by atoms with Gasteiger partial charge < -0.3 is 5.32 Å². The second-order valence-corrected chi connectivity index (χ2v) is 11.8. The van der Waals surface area contributed by atoms with Gasteiger partial charge in [0.25, 0.3) is 0 Å². The maximum absolute atomic E-state index is 14.9. The molecule has 0 aromatic heterocycles. The molecule has 198 valence electrons. The Kier molecular flexibility index (Phi) is 6.74. The highest BCUT2D eigenvalue weighted by molar-refractivity contribution is 5.89. The van der Waals surface area contributed by atoms with Crippen LogP contribution in [0.4, 0.5) is 0 Å². The van der Waals surface area contributed by atoms with Crippen LogP contribution in [0.2, 0.25) is 0 Å². The van der Waals surface area contributed by atoms with Gasteiger partial charge in [0.05, 0.1) is 11.8 Å². The van der Waals surface area contributed by atoms with Crippen molar-refractivity contribution in [3.05, 3.63) is 142 Å². The summed E-state index contributed by atoms with van der Waals surface area (Å²) >= 11 is 0. The van der Waals surface area contributed by atoms with E-state index in [1.807, 2.05) is 0 Å². The lowest BCUT2D eigenvalue weighted by Gasteiger charge is -2.56. The first kappa shape index (κ1) is 25.7. The maximum atomic E-state index is 14.9. The fourth-order valence-electron chi connectivity index (χ4n) is 6.87. The molecule has 1 N–H and O–H groups in total. The van der Waals surface area contributed by atoms with Crippen molar-refractivity contribution in [1.29, 1.82) is 0 Å². The van der Waals surface area contributed by atoms with E-state index in [1.165, 1.54) is 44.5 Å². The number of fused-ring (bicyclic) bond motifs is 2. The minimum atomic E-state index is -0.200. The molecule has 0 amide bonds. The normalized spacial score (nSPS) is 26.9. The van der Waals surface area contributed by atoms with Crippen LogP contribution in [0.5, 0.6) is 0 Å². The summed E-state index contributed by atoms with van der Waals surface area (Å²) < 4.78 is 0. The number of aryl methyl sites for hydroxylation is 4. The summed E-state index contributed by atoms with van der Waals surface area (Å²) in [6.07, 6.45) is 0. The quantitative estimate of drug-likeness (QED) is 0.305. The summed E-state index contributed by atoms with van der Waals surface area (Å²) in [5.41, 5.74) is 9.66. The SMILES string of the molecule is Cc1ccc([C@H]2N[C@@H](c3ccc(C)cc3)[C@H]3C(=O)[C@@H]2[C@@H](c2ccc(C)cc2)N(C)[C@H]3c2ccc(C)cc2)cc1. The van der Waals surface area contributed by atoms with E-state index in [-0.39, 0.29) is 36.0 Å². The van der Waals surface area contributed by atoms with E-state index in [2.05, 4.69) is 142 Å². The predicted octanol–water partition coefficient (Wildman–Crippen LogP) is 7.54. The Labute approximate surface area is 232 Å². The highest BCUT2D eigenvalue weighted by Crippen LogP contribution is 2.56. The molecule has 4 aromatic rings. The zero-order valence-electron chi connectivity index (χ0n) is 23.6. The topological polar surface area (TPSA) is 32.3 Å². The number of carbonyl (C=O) groups excluding carboxylic acids is 1. The van der Waals surface area contributed by atoms with E-state index >= 15 is 0 Å². The van der Waals surface area contributed by atoms with Crippen molar-refractivity contribution in [1.82, 2.24) is 10.2 Å². The van der Waals surface area contributed by atoms with Crippen LogP contribution in [0.15, 0.2) is 97.1 Å². The molecule has 0 radical (unpaired) electrons. The summed E-state index contributed by atoms with van der Waals surface area (Å²) in [5, 5.41) is 4.05. The van der Waals surface area contributed by atoms with E-state index in [9.17, 15) is 4.79 Å². The van der Waals surface area contributed by atoms with Gasteiger partial charge in [0, 0.05) is 24.2 Å². The van der Waals surface area contributed by atoms with Crippen molar-refractivity contribution in [2.75, 3.05) is 7.05 Å².